The number of fused-ring (bicyclic) bond motifs is 1. The Hall–Kier alpha value is -1.55. The molecule has 1 fully saturated rings. The lowest BCUT2D eigenvalue weighted by atomic mass is 9.73. The Labute approximate surface area is 129 Å². The van der Waals surface area contributed by atoms with Gasteiger partial charge in [0.1, 0.15) is 4.88 Å². The highest BCUT2D eigenvalue weighted by atomic mass is 32.1. The van der Waals surface area contributed by atoms with Crippen LogP contribution in [-0.2, 0) is 0 Å². The number of thiophene rings is 1. The SMILES string of the molecule is CC1(C)CCCCC1NC(=O)c1sc2ccccc2c1N. The predicted molar refractivity (Wildman–Crippen MR) is 89.7 cm³/mol. The van der Waals surface area contributed by atoms with E-state index in [-0.39, 0.29) is 17.4 Å². The van der Waals surface area contributed by atoms with E-state index in [9.17, 15) is 4.79 Å². The second kappa shape index (κ2) is 5.34. The fourth-order valence-corrected chi connectivity index (χ4v) is 4.25. The number of hydrogen-bond acceptors (Lipinski definition) is 3. The minimum absolute atomic E-state index is 0.0197. The summed E-state index contributed by atoms with van der Waals surface area (Å²) in [6, 6.07) is 8.16. The van der Waals surface area contributed by atoms with Crippen LogP contribution >= 0.6 is 11.3 Å². The summed E-state index contributed by atoms with van der Waals surface area (Å²) < 4.78 is 1.07. The summed E-state index contributed by atoms with van der Waals surface area (Å²) in [6.45, 7) is 4.48. The Bertz CT molecular complexity index is 674. The first-order valence-electron chi connectivity index (χ1n) is 7.57. The minimum Gasteiger partial charge on any atom is -0.397 e. The molecule has 3 nitrogen and oxygen atoms in total. The van der Waals surface area contributed by atoms with Crippen LogP contribution in [0.1, 0.15) is 49.2 Å². The van der Waals surface area contributed by atoms with Gasteiger partial charge in [0.2, 0.25) is 0 Å². The molecule has 0 saturated heterocycles. The van der Waals surface area contributed by atoms with Crippen molar-refractivity contribution in [1.29, 1.82) is 0 Å². The summed E-state index contributed by atoms with van der Waals surface area (Å²) in [7, 11) is 0. The molecule has 2 aromatic rings. The molecular formula is C17H22N2OS. The van der Waals surface area contributed by atoms with E-state index in [0.29, 0.717) is 10.6 Å². The van der Waals surface area contributed by atoms with E-state index in [4.69, 9.17) is 5.73 Å². The third-order valence-electron chi connectivity index (χ3n) is 4.65. The molecule has 3 N–H and O–H groups in total. The number of carbonyl (C=O) groups excluding carboxylic acids is 1. The molecule has 1 aromatic heterocycles. The van der Waals surface area contributed by atoms with E-state index >= 15 is 0 Å². The lowest BCUT2D eigenvalue weighted by Gasteiger charge is -2.39. The quantitative estimate of drug-likeness (QED) is 0.874. The molecule has 0 spiro atoms. The van der Waals surface area contributed by atoms with Gasteiger partial charge in [-0.3, -0.25) is 4.79 Å². The highest BCUT2D eigenvalue weighted by molar-refractivity contribution is 7.21. The molecule has 1 aliphatic rings. The van der Waals surface area contributed by atoms with Crippen molar-refractivity contribution in [3.63, 3.8) is 0 Å². The second-order valence-electron chi connectivity index (χ2n) is 6.60. The molecule has 0 aliphatic heterocycles. The Kier molecular flexibility index (Phi) is 3.66. The molecule has 1 atom stereocenters. The number of nitrogens with two attached hydrogens (primary N) is 1. The molecule has 1 heterocycles. The van der Waals surface area contributed by atoms with Crippen LogP contribution in [0.3, 0.4) is 0 Å². The number of nitrogens with one attached hydrogen (secondary N) is 1. The van der Waals surface area contributed by atoms with Crippen molar-refractivity contribution in [2.45, 2.75) is 45.6 Å². The molecule has 1 aliphatic carbocycles. The van der Waals surface area contributed by atoms with E-state index in [1.54, 1.807) is 0 Å². The lowest BCUT2D eigenvalue weighted by molar-refractivity contribution is 0.0858. The van der Waals surface area contributed by atoms with Crippen molar-refractivity contribution >= 4 is 33.0 Å². The number of anilines is 1. The van der Waals surface area contributed by atoms with E-state index in [1.165, 1.54) is 30.6 Å². The molecule has 0 radical (unpaired) electrons. The van der Waals surface area contributed by atoms with E-state index in [2.05, 4.69) is 19.2 Å². The largest absolute Gasteiger partial charge is 0.397 e. The normalized spacial score (nSPS) is 21.3. The average Bonchev–Trinajstić information content (AvgIpc) is 2.79. The molecule has 1 unspecified atom stereocenters. The zero-order valence-electron chi connectivity index (χ0n) is 12.6. The van der Waals surface area contributed by atoms with Gasteiger partial charge in [0.25, 0.3) is 5.91 Å². The fraction of sp³-hybridized carbons (Fsp3) is 0.471. The van der Waals surface area contributed by atoms with Crippen LogP contribution in [-0.4, -0.2) is 11.9 Å². The number of rotatable bonds is 2. The molecule has 21 heavy (non-hydrogen) atoms. The Morgan fingerprint density at radius 1 is 1.33 bits per heavy atom. The molecular weight excluding hydrogens is 280 g/mol. The maximum atomic E-state index is 12.6. The number of carbonyl (C=O) groups is 1. The second-order valence-corrected chi connectivity index (χ2v) is 7.65. The van der Waals surface area contributed by atoms with E-state index in [1.807, 2.05) is 24.3 Å². The highest BCUT2D eigenvalue weighted by Gasteiger charge is 2.33. The monoisotopic (exact) mass is 302 g/mol. The Morgan fingerprint density at radius 3 is 2.81 bits per heavy atom. The van der Waals surface area contributed by atoms with Gasteiger partial charge in [0.15, 0.2) is 0 Å². The number of hydrogen-bond donors (Lipinski definition) is 2. The zero-order chi connectivity index (χ0) is 15.0. The number of amides is 1. The Balaban J connectivity index is 1.85. The molecule has 1 aromatic carbocycles. The van der Waals surface area contributed by atoms with Gasteiger partial charge in [0.05, 0.1) is 5.69 Å². The maximum absolute atomic E-state index is 12.6. The van der Waals surface area contributed by atoms with E-state index in [0.717, 1.165) is 16.5 Å². The standard InChI is InChI=1S/C17H22N2OS/c1-17(2)10-6-5-9-13(17)19-16(20)15-14(18)11-7-3-4-8-12(11)21-15/h3-4,7-8,13H,5-6,9-10,18H2,1-2H3,(H,19,20). The Morgan fingerprint density at radius 2 is 2.10 bits per heavy atom. The molecule has 0 bridgehead atoms. The minimum atomic E-state index is -0.0197. The first-order valence-corrected chi connectivity index (χ1v) is 8.38. The van der Waals surface area contributed by atoms with Crippen LogP contribution in [0.25, 0.3) is 10.1 Å². The van der Waals surface area contributed by atoms with Crippen LogP contribution < -0.4 is 11.1 Å². The fourth-order valence-electron chi connectivity index (χ4n) is 3.22. The van der Waals surface area contributed by atoms with Gasteiger partial charge in [-0.05, 0) is 24.3 Å². The van der Waals surface area contributed by atoms with Crippen molar-refractivity contribution in [3.8, 4) is 0 Å². The third-order valence-corrected chi connectivity index (χ3v) is 5.84. The number of benzene rings is 1. The molecule has 1 amide bonds. The summed E-state index contributed by atoms with van der Waals surface area (Å²) in [5.41, 5.74) is 6.94. The first-order chi connectivity index (χ1) is 9.99. The topological polar surface area (TPSA) is 55.1 Å². The summed E-state index contributed by atoms with van der Waals surface area (Å²) in [5.74, 6) is -0.0197. The molecule has 3 rings (SSSR count). The molecule has 1 saturated carbocycles. The van der Waals surface area contributed by atoms with Crippen molar-refractivity contribution < 1.29 is 4.79 Å². The molecule has 4 heteroatoms. The van der Waals surface area contributed by atoms with Gasteiger partial charge in [0, 0.05) is 16.1 Å². The zero-order valence-corrected chi connectivity index (χ0v) is 13.4. The maximum Gasteiger partial charge on any atom is 0.263 e. The van der Waals surface area contributed by atoms with Crippen LogP contribution in [0, 0.1) is 5.41 Å². The van der Waals surface area contributed by atoms with Gasteiger partial charge in [-0.15, -0.1) is 11.3 Å². The van der Waals surface area contributed by atoms with Crippen LogP contribution in [0.15, 0.2) is 24.3 Å². The van der Waals surface area contributed by atoms with Crippen LogP contribution in [0.4, 0.5) is 5.69 Å². The van der Waals surface area contributed by atoms with Gasteiger partial charge in [-0.2, -0.15) is 0 Å². The summed E-state index contributed by atoms with van der Waals surface area (Å²) in [5, 5.41) is 4.20. The van der Waals surface area contributed by atoms with Crippen molar-refractivity contribution in [1.82, 2.24) is 5.32 Å². The van der Waals surface area contributed by atoms with E-state index < -0.39 is 0 Å². The van der Waals surface area contributed by atoms with Crippen molar-refractivity contribution in [3.05, 3.63) is 29.1 Å². The van der Waals surface area contributed by atoms with Crippen LogP contribution in [0.5, 0.6) is 0 Å². The van der Waals surface area contributed by atoms with Crippen LogP contribution in [0.2, 0.25) is 0 Å². The van der Waals surface area contributed by atoms with Gasteiger partial charge in [-0.25, -0.2) is 0 Å². The summed E-state index contributed by atoms with van der Waals surface area (Å²) in [4.78, 5) is 13.3. The molecule has 112 valence electrons. The average molecular weight is 302 g/mol. The smallest absolute Gasteiger partial charge is 0.263 e. The highest BCUT2D eigenvalue weighted by Crippen LogP contribution is 2.37. The predicted octanol–water partition coefficient (Wildman–Crippen LogP) is 4.18. The van der Waals surface area contributed by atoms with Gasteiger partial charge >= 0.3 is 0 Å². The lowest BCUT2D eigenvalue weighted by Crippen LogP contribution is -2.46. The third kappa shape index (κ3) is 2.64. The van der Waals surface area contributed by atoms with Crippen molar-refractivity contribution in [2.24, 2.45) is 5.41 Å². The summed E-state index contributed by atoms with van der Waals surface area (Å²) in [6.07, 6.45) is 4.67. The van der Waals surface area contributed by atoms with Gasteiger partial charge in [-0.1, -0.05) is 44.9 Å². The van der Waals surface area contributed by atoms with Gasteiger partial charge < -0.3 is 11.1 Å². The number of nitrogen functional groups attached to an aromatic ring is 1. The first kappa shape index (κ1) is 14.4. The van der Waals surface area contributed by atoms with Crippen molar-refractivity contribution in [2.75, 3.05) is 5.73 Å². The summed E-state index contributed by atoms with van der Waals surface area (Å²) >= 11 is 1.48.